The fourth-order valence-electron chi connectivity index (χ4n) is 3.46. The molecule has 25 heavy (non-hydrogen) atoms. The molecule has 7 nitrogen and oxygen atoms in total. The predicted octanol–water partition coefficient (Wildman–Crippen LogP) is 1.25. The van der Waals surface area contributed by atoms with Gasteiger partial charge in [-0.05, 0) is 11.6 Å². The minimum atomic E-state index is -0.395. The fourth-order valence-corrected chi connectivity index (χ4v) is 3.46. The zero-order valence-corrected chi connectivity index (χ0v) is 13.8. The SMILES string of the molecule is O=C1C[C@H](C(=O)N2CCN(c3cnccn3)CC2)c2ccccc2N1. The summed E-state index contributed by atoms with van der Waals surface area (Å²) in [5.41, 5.74) is 1.65. The number of hydrogen-bond donors (Lipinski definition) is 1. The molecule has 1 aromatic heterocycles. The number of carbonyl (C=O) groups excluding carboxylic acids is 2. The second-order valence-corrected chi connectivity index (χ2v) is 6.27. The molecule has 1 aromatic carbocycles. The molecule has 1 atom stereocenters. The second kappa shape index (κ2) is 6.51. The number of para-hydroxylation sites is 1. The highest BCUT2D eigenvalue weighted by molar-refractivity contribution is 6.01. The predicted molar refractivity (Wildman–Crippen MR) is 93.3 cm³/mol. The van der Waals surface area contributed by atoms with Gasteiger partial charge in [-0.15, -0.1) is 0 Å². The van der Waals surface area contributed by atoms with E-state index in [0.717, 1.165) is 17.1 Å². The average Bonchev–Trinajstić information content (AvgIpc) is 2.67. The van der Waals surface area contributed by atoms with E-state index in [-0.39, 0.29) is 18.2 Å². The topological polar surface area (TPSA) is 78.4 Å². The van der Waals surface area contributed by atoms with Gasteiger partial charge in [0, 0.05) is 50.7 Å². The normalized spacial score (nSPS) is 20.0. The maximum Gasteiger partial charge on any atom is 0.230 e. The van der Waals surface area contributed by atoms with Gasteiger partial charge in [-0.3, -0.25) is 14.6 Å². The van der Waals surface area contributed by atoms with E-state index in [9.17, 15) is 9.59 Å². The van der Waals surface area contributed by atoms with Crippen LogP contribution < -0.4 is 10.2 Å². The molecule has 0 unspecified atom stereocenters. The van der Waals surface area contributed by atoms with Crippen molar-refractivity contribution in [3.05, 3.63) is 48.4 Å². The van der Waals surface area contributed by atoms with Gasteiger partial charge in [-0.1, -0.05) is 18.2 Å². The van der Waals surface area contributed by atoms with Gasteiger partial charge in [-0.25, -0.2) is 4.98 Å². The van der Waals surface area contributed by atoms with Crippen LogP contribution in [0.3, 0.4) is 0 Å². The number of anilines is 2. The lowest BCUT2D eigenvalue weighted by atomic mass is 9.89. The van der Waals surface area contributed by atoms with Crippen molar-refractivity contribution in [2.24, 2.45) is 0 Å². The van der Waals surface area contributed by atoms with Crippen LogP contribution in [0.5, 0.6) is 0 Å². The standard InChI is InChI=1S/C18H19N5O2/c24-17-11-14(13-3-1-2-4-15(13)21-17)18(25)23-9-7-22(8-10-23)16-12-19-5-6-20-16/h1-6,12,14H,7-11H2,(H,21,24)/t14-/m0/s1. The molecule has 128 valence electrons. The molecule has 2 aromatic rings. The highest BCUT2D eigenvalue weighted by Crippen LogP contribution is 2.33. The first-order valence-corrected chi connectivity index (χ1v) is 8.41. The molecule has 1 N–H and O–H groups in total. The van der Waals surface area contributed by atoms with E-state index in [1.165, 1.54) is 0 Å². The lowest BCUT2D eigenvalue weighted by Crippen LogP contribution is -2.51. The molecular formula is C18H19N5O2. The van der Waals surface area contributed by atoms with Gasteiger partial charge < -0.3 is 15.1 Å². The van der Waals surface area contributed by atoms with Crippen LogP contribution in [-0.4, -0.2) is 52.9 Å². The molecule has 2 aliphatic heterocycles. The Bertz CT molecular complexity index is 787. The van der Waals surface area contributed by atoms with Gasteiger partial charge in [-0.2, -0.15) is 0 Å². The molecule has 3 heterocycles. The lowest BCUT2D eigenvalue weighted by molar-refractivity contribution is -0.135. The first-order chi connectivity index (χ1) is 12.2. The smallest absolute Gasteiger partial charge is 0.230 e. The number of aromatic nitrogens is 2. The van der Waals surface area contributed by atoms with Crippen molar-refractivity contribution in [3.63, 3.8) is 0 Å². The number of nitrogens with one attached hydrogen (secondary N) is 1. The van der Waals surface area contributed by atoms with Gasteiger partial charge >= 0.3 is 0 Å². The summed E-state index contributed by atoms with van der Waals surface area (Å²) in [5, 5.41) is 2.84. The summed E-state index contributed by atoms with van der Waals surface area (Å²) < 4.78 is 0. The number of benzene rings is 1. The average molecular weight is 337 g/mol. The maximum atomic E-state index is 13.0. The van der Waals surface area contributed by atoms with E-state index in [2.05, 4.69) is 20.2 Å². The first kappa shape index (κ1) is 15.6. The molecule has 2 amide bonds. The highest BCUT2D eigenvalue weighted by atomic mass is 16.2. The number of piperazine rings is 1. The molecule has 0 saturated carbocycles. The summed E-state index contributed by atoms with van der Waals surface area (Å²) in [4.78, 5) is 37.3. The van der Waals surface area contributed by atoms with E-state index < -0.39 is 5.92 Å². The van der Waals surface area contributed by atoms with E-state index in [1.54, 1.807) is 18.6 Å². The van der Waals surface area contributed by atoms with Crippen molar-refractivity contribution in [1.82, 2.24) is 14.9 Å². The van der Waals surface area contributed by atoms with Crippen LogP contribution in [-0.2, 0) is 9.59 Å². The molecule has 1 saturated heterocycles. The Morgan fingerprint density at radius 2 is 1.92 bits per heavy atom. The Morgan fingerprint density at radius 3 is 2.68 bits per heavy atom. The Morgan fingerprint density at radius 1 is 1.12 bits per heavy atom. The third kappa shape index (κ3) is 3.05. The summed E-state index contributed by atoms with van der Waals surface area (Å²) in [6, 6.07) is 7.54. The van der Waals surface area contributed by atoms with Crippen LogP contribution in [0, 0.1) is 0 Å². The monoisotopic (exact) mass is 337 g/mol. The van der Waals surface area contributed by atoms with Crippen LogP contribution in [0.1, 0.15) is 17.9 Å². The van der Waals surface area contributed by atoms with Crippen LogP contribution in [0.2, 0.25) is 0 Å². The Kier molecular flexibility index (Phi) is 4.05. The van der Waals surface area contributed by atoms with Crippen molar-refractivity contribution in [2.75, 3.05) is 36.4 Å². The quantitative estimate of drug-likeness (QED) is 0.892. The molecule has 1 fully saturated rings. The van der Waals surface area contributed by atoms with E-state index in [1.807, 2.05) is 29.2 Å². The van der Waals surface area contributed by atoms with Gasteiger partial charge in [0.15, 0.2) is 0 Å². The molecule has 7 heteroatoms. The molecule has 4 rings (SSSR count). The Hall–Kier alpha value is -2.96. The van der Waals surface area contributed by atoms with Gasteiger partial charge in [0.2, 0.25) is 11.8 Å². The maximum absolute atomic E-state index is 13.0. The van der Waals surface area contributed by atoms with E-state index in [0.29, 0.717) is 26.2 Å². The number of hydrogen-bond acceptors (Lipinski definition) is 5. The number of rotatable bonds is 2. The molecule has 0 radical (unpaired) electrons. The molecule has 2 aliphatic rings. The number of amides is 2. The summed E-state index contributed by atoms with van der Waals surface area (Å²) in [5.74, 6) is 0.362. The largest absolute Gasteiger partial charge is 0.352 e. The number of nitrogens with zero attached hydrogens (tertiary/aromatic N) is 4. The summed E-state index contributed by atoms with van der Waals surface area (Å²) in [7, 11) is 0. The molecule has 0 aliphatic carbocycles. The minimum absolute atomic E-state index is 0.0288. The summed E-state index contributed by atoms with van der Waals surface area (Å²) in [6.07, 6.45) is 5.26. The van der Waals surface area contributed by atoms with Crippen molar-refractivity contribution < 1.29 is 9.59 Å². The molecule has 0 bridgehead atoms. The van der Waals surface area contributed by atoms with Gasteiger partial charge in [0.25, 0.3) is 0 Å². The fraction of sp³-hybridized carbons (Fsp3) is 0.333. The summed E-state index contributed by atoms with van der Waals surface area (Å²) >= 11 is 0. The van der Waals surface area contributed by atoms with Crippen LogP contribution in [0.25, 0.3) is 0 Å². The van der Waals surface area contributed by atoms with Gasteiger partial charge in [0.05, 0.1) is 12.1 Å². The van der Waals surface area contributed by atoms with E-state index >= 15 is 0 Å². The Labute approximate surface area is 145 Å². The van der Waals surface area contributed by atoms with Crippen LogP contribution in [0.15, 0.2) is 42.9 Å². The van der Waals surface area contributed by atoms with Crippen molar-refractivity contribution in [2.45, 2.75) is 12.3 Å². The van der Waals surface area contributed by atoms with Gasteiger partial charge in [0.1, 0.15) is 5.82 Å². The van der Waals surface area contributed by atoms with Crippen LogP contribution in [0.4, 0.5) is 11.5 Å². The van der Waals surface area contributed by atoms with E-state index in [4.69, 9.17) is 0 Å². The first-order valence-electron chi connectivity index (χ1n) is 8.41. The lowest BCUT2D eigenvalue weighted by Gasteiger charge is -2.37. The Balaban J connectivity index is 1.47. The number of fused-ring (bicyclic) bond motifs is 1. The highest BCUT2D eigenvalue weighted by Gasteiger charge is 2.34. The molecule has 0 spiro atoms. The third-order valence-corrected chi connectivity index (χ3v) is 4.76. The van der Waals surface area contributed by atoms with Crippen molar-refractivity contribution >= 4 is 23.3 Å². The number of carbonyl (C=O) groups is 2. The molecular weight excluding hydrogens is 318 g/mol. The van der Waals surface area contributed by atoms with Crippen LogP contribution >= 0.6 is 0 Å². The zero-order chi connectivity index (χ0) is 17.2. The minimum Gasteiger partial charge on any atom is -0.352 e. The second-order valence-electron chi connectivity index (χ2n) is 6.27. The summed E-state index contributed by atoms with van der Waals surface area (Å²) in [6.45, 7) is 2.67. The van der Waals surface area contributed by atoms with Crippen molar-refractivity contribution in [1.29, 1.82) is 0 Å². The third-order valence-electron chi connectivity index (χ3n) is 4.76. The van der Waals surface area contributed by atoms with Crippen molar-refractivity contribution in [3.8, 4) is 0 Å². The zero-order valence-electron chi connectivity index (χ0n) is 13.8.